The molecule has 2 heterocycles. The molecule has 0 bridgehead atoms. The normalized spacial score (nSPS) is 17.4. The van der Waals surface area contributed by atoms with E-state index in [-0.39, 0.29) is 40.6 Å². The molecule has 1 aromatic rings. The number of likely N-dealkylation sites (tertiary alicyclic amines) is 1. The summed E-state index contributed by atoms with van der Waals surface area (Å²) in [5.41, 5.74) is 5.83. The van der Waals surface area contributed by atoms with E-state index >= 15 is 0 Å². The number of rotatable bonds is 7. The molecule has 41 heavy (non-hydrogen) atoms. The average Bonchev–Trinajstić information content (AvgIpc) is 3.52. The van der Waals surface area contributed by atoms with Gasteiger partial charge in [-0.15, -0.1) is 6.58 Å². The maximum Gasteiger partial charge on any atom is 0.410 e. The molecule has 5 amide bonds. The van der Waals surface area contributed by atoms with Crippen molar-refractivity contribution in [2.45, 2.75) is 58.0 Å². The molecule has 1 aromatic carbocycles. The van der Waals surface area contributed by atoms with Gasteiger partial charge in [0.2, 0.25) is 17.7 Å². The van der Waals surface area contributed by atoms with Gasteiger partial charge >= 0.3 is 12.2 Å². The summed E-state index contributed by atoms with van der Waals surface area (Å²) >= 11 is 0. The summed E-state index contributed by atoms with van der Waals surface area (Å²) in [6.45, 7) is 12.3. The van der Waals surface area contributed by atoms with Crippen molar-refractivity contribution in [3.05, 3.63) is 60.5 Å². The fraction of sp³-hybridized carbons (Fsp3) is 0.464. The Morgan fingerprint density at radius 2 is 1.90 bits per heavy atom. The van der Waals surface area contributed by atoms with Crippen molar-refractivity contribution in [3.8, 4) is 0 Å². The number of hydrogen-bond acceptors (Lipinski definition) is 7. The van der Waals surface area contributed by atoms with E-state index < -0.39 is 48.3 Å². The standard InChI is InChI=1S/C21H27FN4O6.C7H11NO.2H2/c1-21(2,3)32-19(29)24-8-17(27)26-10-13(7-16(26)18(23)28)31-20(30)25-9-12-5-4-6-15(22)14(12)11-25;1-4-6-8(3)7(9)5-2;;/h4-6,13,16H,7-11H2,1-3H3,(H2,23,28)(H,24,29);4-5H,1-2,6H2,3H3;2*1H/t13?,16-;;;/m0.../s1. The number of carbonyl (C=O) groups is 5. The van der Waals surface area contributed by atoms with Gasteiger partial charge in [0.1, 0.15) is 30.1 Å². The minimum absolute atomic E-state index is 0. The number of carbonyl (C=O) groups excluding carboxylic acids is 5. The molecule has 1 fully saturated rings. The van der Waals surface area contributed by atoms with Gasteiger partial charge < -0.3 is 30.3 Å². The third-order valence-electron chi connectivity index (χ3n) is 6.10. The molecule has 13 heteroatoms. The number of halogens is 1. The molecule has 12 nitrogen and oxygen atoms in total. The number of nitrogens with two attached hydrogens (primary N) is 1. The van der Waals surface area contributed by atoms with Crippen molar-refractivity contribution in [1.29, 1.82) is 0 Å². The second-order valence-corrected chi connectivity index (χ2v) is 10.5. The van der Waals surface area contributed by atoms with Crippen LogP contribution in [0.4, 0.5) is 14.0 Å². The van der Waals surface area contributed by atoms with Crippen LogP contribution in [0.5, 0.6) is 0 Å². The van der Waals surface area contributed by atoms with Crippen LogP contribution in [0.2, 0.25) is 0 Å². The predicted molar refractivity (Wildman–Crippen MR) is 152 cm³/mol. The van der Waals surface area contributed by atoms with Gasteiger partial charge in [-0.05, 0) is 38.5 Å². The van der Waals surface area contributed by atoms with E-state index in [0.717, 1.165) is 0 Å². The molecule has 0 radical (unpaired) electrons. The quantitative estimate of drug-likeness (QED) is 0.372. The summed E-state index contributed by atoms with van der Waals surface area (Å²) in [4.78, 5) is 63.5. The lowest BCUT2D eigenvalue weighted by Gasteiger charge is -2.23. The van der Waals surface area contributed by atoms with Gasteiger partial charge in [0.25, 0.3) is 0 Å². The molecule has 1 unspecified atom stereocenters. The minimum Gasteiger partial charge on any atom is -0.444 e. The van der Waals surface area contributed by atoms with Crippen LogP contribution in [-0.4, -0.2) is 89.0 Å². The smallest absolute Gasteiger partial charge is 0.410 e. The van der Waals surface area contributed by atoms with E-state index in [0.29, 0.717) is 17.7 Å². The topological polar surface area (TPSA) is 152 Å². The lowest BCUT2D eigenvalue weighted by Crippen LogP contribution is -2.48. The highest BCUT2D eigenvalue weighted by Crippen LogP contribution is 2.27. The van der Waals surface area contributed by atoms with E-state index in [1.165, 1.54) is 26.8 Å². The summed E-state index contributed by atoms with van der Waals surface area (Å²) in [7, 11) is 1.70. The van der Waals surface area contributed by atoms with Crippen molar-refractivity contribution < 1.29 is 40.7 Å². The zero-order valence-electron chi connectivity index (χ0n) is 23.9. The molecule has 3 rings (SSSR count). The molecular formula is C28H42FN5O7. The number of amides is 5. The molecule has 228 valence electrons. The zero-order chi connectivity index (χ0) is 30.9. The third kappa shape index (κ3) is 9.62. The molecule has 3 N–H and O–H groups in total. The Morgan fingerprint density at radius 1 is 1.22 bits per heavy atom. The van der Waals surface area contributed by atoms with Gasteiger partial charge in [-0.25, -0.2) is 14.0 Å². The summed E-state index contributed by atoms with van der Waals surface area (Å²) < 4.78 is 24.5. The molecule has 2 aliphatic heterocycles. The second kappa shape index (κ2) is 14.3. The van der Waals surface area contributed by atoms with Crippen LogP contribution in [0.3, 0.4) is 0 Å². The summed E-state index contributed by atoms with van der Waals surface area (Å²) in [6, 6.07) is 3.67. The highest BCUT2D eigenvalue weighted by atomic mass is 19.1. The Labute approximate surface area is 241 Å². The highest BCUT2D eigenvalue weighted by Gasteiger charge is 2.41. The number of nitrogens with zero attached hydrogens (tertiary/aromatic N) is 3. The van der Waals surface area contributed by atoms with E-state index in [2.05, 4.69) is 18.5 Å². The largest absolute Gasteiger partial charge is 0.444 e. The molecular weight excluding hydrogens is 537 g/mol. The number of nitrogens with one attached hydrogen (secondary N) is 1. The Bertz CT molecular complexity index is 1190. The molecule has 0 saturated carbocycles. The van der Waals surface area contributed by atoms with Crippen LogP contribution in [-0.2, 0) is 36.9 Å². The average molecular weight is 580 g/mol. The van der Waals surface area contributed by atoms with Crippen LogP contribution in [0.1, 0.15) is 41.2 Å². The van der Waals surface area contributed by atoms with Crippen molar-refractivity contribution in [2.75, 3.05) is 26.7 Å². The van der Waals surface area contributed by atoms with Crippen molar-refractivity contribution in [1.82, 2.24) is 20.0 Å². The van der Waals surface area contributed by atoms with Gasteiger partial charge in [-0.3, -0.25) is 19.3 Å². The van der Waals surface area contributed by atoms with Crippen LogP contribution in [0.25, 0.3) is 0 Å². The van der Waals surface area contributed by atoms with Crippen LogP contribution in [0, 0.1) is 5.82 Å². The Balaban J connectivity index is 0.00000140. The number of ether oxygens (including phenoxy) is 2. The molecule has 0 aliphatic carbocycles. The number of benzene rings is 1. The summed E-state index contributed by atoms with van der Waals surface area (Å²) in [6.07, 6.45) is 0.776. The van der Waals surface area contributed by atoms with E-state index in [4.69, 9.17) is 15.2 Å². The molecule has 2 aliphatic rings. The van der Waals surface area contributed by atoms with Crippen LogP contribution < -0.4 is 11.1 Å². The Hall–Kier alpha value is -4.42. The minimum atomic E-state index is -0.978. The third-order valence-corrected chi connectivity index (χ3v) is 6.10. The van der Waals surface area contributed by atoms with Crippen LogP contribution in [0.15, 0.2) is 43.5 Å². The number of primary amides is 1. The van der Waals surface area contributed by atoms with E-state index in [9.17, 15) is 28.4 Å². The Kier molecular flexibility index (Phi) is 11.4. The number of fused-ring (bicyclic) bond motifs is 1. The SMILES string of the molecule is C=CCN(C)C(=O)C=C.CC(C)(C)OC(=O)NCC(=O)N1CC(OC(=O)N2Cc3cccc(F)c3C2)C[C@H]1C(N)=O.[HH].[HH]. The zero-order valence-corrected chi connectivity index (χ0v) is 23.9. The first-order chi connectivity index (χ1) is 19.2. The van der Waals surface area contributed by atoms with Gasteiger partial charge in [0.15, 0.2) is 0 Å². The molecule has 0 aromatic heterocycles. The van der Waals surface area contributed by atoms with Gasteiger partial charge in [-0.2, -0.15) is 0 Å². The Morgan fingerprint density at radius 3 is 2.46 bits per heavy atom. The molecule has 0 spiro atoms. The molecule has 1 saturated heterocycles. The molecule has 2 atom stereocenters. The van der Waals surface area contributed by atoms with Crippen molar-refractivity contribution >= 4 is 29.9 Å². The van der Waals surface area contributed by atoms with Gasteiger partial charge in [0, 0.05) is 35.0 Å². The van der Waals surface area contributed by atoms with E-state index in [1.54, 1.807) is 46.0 Å². The summed E-state index contributed by atoms with van der Waals surface area (Å²) in [5, 5.41) is 2.34. The fourth-order valence-electron chi connectivity index (χ4n) is 4.16. The number of hydrogen-bond donors (Lipinski definition) is 2. The predicted octanol–water partition coefficient (Wildman–Crippen LogP) is 2.57. The van der Waals surface area contributed by atoms with Crippen LogP contribution >= 0.6 is 0 Å². The van der Waals surface area contributed by atoms with Gasteiger partial charge in [-0.1, -0.05) is 24.8 Å². The monoisotopic (exact) mass is 579 g/mol. The van der Waals surface area contributed by atoms with E-state index in [1.807, 2.05) is 0 Å². The van der Waals surface area contributed by atoms with Crippen molar-refractivity contribution in [3.63, 3.8) is 0 Å². The van der Waals surface area contributed by atoms with Crippen molar-refractivity contribution in [2.24, 2.45) is 5.73 Å². The number of alkyl carbamates (subject to hydrolysis) is 1. The summed E-state index contributed by atoms with van der Waals surface area (Å²) in [5.74, 6) is -1.77. The highest BCUT2D eigenvalue weighted by molar-refractivity contribution is 5.89. The maximum absolute atomic E-state index is 13.9. The van der Waals surface area contributed by atoms with Gasteiger partial charge in [0.05, 0.1) is 13.1 Å². The lowest BCUT2D eigenvalue weighted by atomic mass is 10.1. The first-order valence-electron chi connectivity index (χ1n) is 12.9. The second-order valence-electron chi connectivity index (χ2n) is 10.5. The number of likely N-dealkylation sites (N-methyl/N-ethyl adjacent to an activating group) is 1. The maximum atomic E-state index is 13.9. The lowest BCUT2D eigenvalue weighted by molar-refractivity contribution is -0.136. The first kappa shape index (κ1) is 32.8. The fourth-order valence-corrected chi connectivity index (χ4v) is 4.16. The first-order valence-corrected chi connectivity index (χ1v) is 12.9.